The van der Waals surface area contributed by atoms with Gasteiger partial charge in [-0.3, -0.25) is 0 Å². The SMILES string of the molecule is Cc1cc(C(C)NS(=O)(=O)c2ccc(C(=O)O)cc2)c(C)s1. The molecule has 22 heavy (non-hydrogen) atoms. The number of benzene rings is 1. The number of sulfonamides is 1. The van der Waals surface area contributed by atoms with Gasteiger partial charge in [0.2, 0.25) is 10.0 Å². The summed E-state index contributed by atoms with van der Waals surface area (Å²) in [5, 5.41) is 8.84. The second-order valence-corrected chi connectivity index (χ2v) is 8.22. The minimum Gasteiger partial charge on any atom is -0.478 e. The van der Waals surface area contributed by atoms with E-state index in [1.54, 1.807) is 18.3 Å². The average Bonchev–Trinajstić information content (AvgIpc) is 2.77. The van der Waals surface area contributed by atoms with Gasteiger partial charge < -0.3 is 5.11 Å². The van der Waals surface area contributed by atoms with Crippen LogP contribution in [0.4, 0.5) is 0 Å². The van der Waals surface area contributed by atoms with E-state index < -0.39 is 16.0 Å². The molecule has 1 atom stereocenters. The first-order chi connectivity index (χ1) is 10.2. The number of rotatable bonds is 5. The number of nitrogens with one attached hydrogen (secondary N) is 1. The van der Waals surface area contributed by atoms with Gasteiger partial charge in [0.1, 0.15) is 0 Å². The molecule has 1 heterocycles. The lowest BCUT2D eigenvalue weighted by molar-refractivity contribution is 0.0696. The molecule has 1 aromatic heterocycles. The first-order valence-electron chi connectivity index (χ1n) is 6.63. The van der Waals surface area contributed by atoms with Crippen molar-refractivity contribution in [3.05, 3.63) is 51.2 Å². The van der Waals surface area contributed by atoms with Crippen LogP contribution in [0.2, 0.25) is 0 Å². The van der Waals surface area contributed by atoms with E-state index in [-0.39, 0.29) is 16.5 Å². The Morgan fingerprint density at radius 3 is 2.27 bits per heavy atom. The molecular weight excluding hydrogens is 322 g/mol. The maximum atomic E-state index is 12.4. The van der Waals surface area contributed by atoms with Crippen LogP contribution in [0, 0.1) is 13.8 Å². The lowest BCUT2D eigenvalue weighted by atomic mass is 10.1. The molecule has 1 aromatic carbocycles. The lowest BCUT2D eigenvalue weighted by Crippen LogP contribution is -2.27. The van der Waals surface area contributed by atoms with Crippen LogP contribution < -0.4 is 4.72 Å². The Morgan fingerprint density at radius 2 is 1.82 bits per heavy atom. The van der Waals surface area contributed by atoms with Crippen molar-refractivity contribution in [3.8, 4) is 0 Å². The molecule has 0 radical (unpaired) electrons. The molecule has 7 heteroatoms. The second-order valence-electron chi connectivity index (χ2n) is 5.04. The van der Waals surface area contributed by atoms with Crippen molar-refractivity contribution < 1.29 is 18.3 Å². The van der Waals surface area contributed by atoms with Crippen molar-refractivity contribution in [1.29, 1.82) is 0 Å². The molecule has 0 amide bonds. The highest BCUT2D eigenvalue weighted by Gasteiger charge is 2.20. The van der Waals surface area contributed by atoms with Crippen molar-refractivity contribution in [2.24, 2.45) is 0 Å². The van der Waals surface area contributed by atoms with Crippen molar-refractivity contribution in [2.75, 3.05) is 0 Å². The minimum atomic E-state index is -3.70. The first-order valence-corrected chi connectivity index (χ1v) is 8.93. The second kappa shape index (κ2) is 6.20. The zero-order valence-corrected chi connectivity index (χ0v) is 14.1. The van der Waals surface area contributed by atoms with Gasteiger partial charge in [0.15, 0.2) is 0 Å². The Balaban J connectivity index is 2.23. The number of hydrogen-bond acceptors (Lipinski definition) is 4. The summed E-state index contributed by atoms with van der Waals surface area (Å²) in [6, 6.07) is 6.77. The zero-order chi connectivity index (χ0) is 16.5. The molecule has 118 valence electrons. The fourth-order valence-electron chi connectivity index (χ4n) is 2.22. The number of carbonyl (C=O) groups is 1. The maximum Gasteiger partial charge on any atom is 0.335 e. The van der Waals surface area contributed by atoms with Gasteiger partial charge in [0, 0.05) is 15.8 Å². The van der Waals surface area contributed by atoms with E-state index in [2.05, 4.69) is 4.72 Å². The Bertz CT molecular complexity index is 791. The summed E-state index contributed by atoms with van der Waals surface area (Å²) >= 11 is 1.62. The number of carboxylic acid groups (broad SMARTS) is 1. The van der Waals surface area contributed by atoms with Crippen LogP contribution in [0.3, 0.4) is 0 Å². The van der Waals surface area contributed by atoms with E-state index in [0.29, 0.717) is 0 Å². The van der Waals surface area contributed by atoms with Crippen LogP contribution in [0.5, 0.6) is 0 Å². The quantitative estimate of drug-likeness (QED) is 0.877. The summed E-state index contributed by atoms with van der Waals surface area (Å²) in [6.07, 6.45) is 0. The van der Waals surface area contributed by atoms with E-state index in [1.807, 2.05) is 19.9 Å². The standard InChI is InChI=1S/C15H17NO4S2/c1-9-8-14(11(3)21-9)10(2)16-22(19,20)13-6-4-12(5-7-13)15(17)18/h4-8,10,16H,1-3H3,(H,17,18). The van der Waals surface area contributed by atoms with Crippen LogP contribution in [0.25, 0.3) is 0 Å². The number of hydrogen-bond donors (Lipinski definition) is 2. The summed E-state index contributed by atoms with van der Waals surface area (Å²) in [7, 11) is -3.70. The highest BCUT2D eigenvalue weighted by atomic mass is 32.2. The summed E-state index contributed by atoms with van der Waals surface area (Å²) in [4.78, 5) is 13.1. The van der Waals surface area contributed by atoms with Gasteiger partial charge in [0.05, 0.1) is 10.5 Å². The molecule has 5 nitrogen and oxygen atoms in total. The molecule has 0 saturated carbocycles. The monoisotopic (exact) mass is 339 g/mol. The predicted octanol–water partition coefficient (Wildman–Crippen LogP) is 3.10. The molecule has 0 bridgehead atoms. The Morgan fingerprint density at radius 1 is 1.23 bits per heavy atom. The molecule has 0 saturated heterocycles. The first kappa shape index (κ1) is 16.7. The van der Waals surface area contributed by atoms with E-state index in [9.17, 15) is 13.2 Å². The van der Waals surface area contributed by atoms with Gasteiger partial charge in [-0.1, -0.05) is 0 Å². The average molecular weight is 339 g/mol. The smallest absolute Gasteiger partial charge is 0.335 e. The molecule has 0 spiro atoms. The van der Waals surface area contributed by atoms with Crippen molar-refractivity contribution in [1.82, 2.24) is 4.72 Å². The zero-order valence-electron chi connectivity index (χ0n) is 12.5. The summed E-state index contributed by atoms with van der Waals surface area (Å²) < 4.78 is 27.3. The van der Waals surface area contributed by atoms with Crippen LogP contribution in [0.1, 0.15) is 38.6 Å². The number of thiophene rings is 1. The fourth-order valence-corrected chi connectivity index (χ4v) is 4.47. The molecule has 2 aromatic rings. The van der Waals surface area contributed by atoms with Crippen LogP contribution in [0.15, 0.2) is 35.2 Å². The van der Waals surface area contributed by atoms with Gasteiger partial charge >= 0.3 is 5.97 Å². The Kier molecular flexibility index (Phi) is 4.69. The third-order valence-electron chi connectivity index (χ3n) is 3.29. The highest BCUT2D eigenvalue weighted by molar-refractivity contribution is 7.89. The van der Waals surface area contributed by atoms with E-state index >= 15 is 0 Å². The normalized spacial score (nSPS) is 13.0. The predicted molar refractivity (Wildman–Crippen MR) is 85.9 cm³/mol. The van der Waals surface area contributed by atoms with Gasteiger partial charge in [-0.15, -0.1) is 11.3 Å². The summed E-state index contributed by atoms with van der Waals surface area (Å²) in [5.74, 6) is -1.09. The highest BCUT2D eigenvalue weighted by Crippen LogP contribution is 2.27. The van der Waals surface area contributed by atoms with Crippen LogP contribution >= 0.6 is 11.3 Å². The molecule has 0 aliphatic heterocycles. The maximum absolute atomic E-state index is 12.4. The fraction of sp³-hybridized carbons (Fsp3) is 0.267. The number of carboxylic acids is 1. The van der Waals surface area contributed by atoms with Crippen LogP contribution in [-0.2, 0) is 10.0 Å². The molecule has 1 unspecified atom stereocenters. The molecule has 2 N–H and O–H groups in total. The summed E-state index contributed by atoms with van der Waals surface area (Å²) in [6.45, 7) is 5.73. The van der Waals surface area contributed by atoms with Crippen LogP contribution in [-0.4, -0.2) is 19.5 Å². The van der Waals surface area contributed by atoms with E-state index in [0.717, 1.165) is 15.3 Å². The van der Waals surface area contributed by atoms with Gasteiger partial charge in [-0.2, -0.15) is 0 Å². The lowest BCUT2D eigenvalue weighted by Gasteiger charge is -2.14. The number of aryl methyl sites for hydroxylation is 2. The largest absolute Gasteiger partial charge is 0.478 e. The third kappa shape index (κ3) is 3.55. The van der Waals surface area contributed by atoms with Gasteiger partial charge in [-0.25, -0.2) is 17.9 Å². The minimum absolute atomic E-state index is 0.0500. The number of aromatic carboxylic acids is 1. The van der Waals surface area contributed by atoms with Crippen molar-refractivity contribution in [2.45, 2.75) is 31.7 Å². The van der Waals surface area contributed by atoms with Gasteiger partial charge in [0.25, 0.3) is 0 Å². The molecule has 2 rings (SSSR count). The van der Waals surface area contributed by atoms with Gasteiger partial charge in [-0.05, 0) is 56.7 Å². The van der Waals surface area contributed by atoms with E-state index in [4.69, 9.17) is 5.11 Å². The Labute approximate surface area is 133 Å². The Hall–Kier alpha value is -1.70. The third-order valence-corrected chi connectivity index (χ3v) is 5.83. The van der Waals surface area contributed by atoms with E-state index in [1.165, 1.54) is 24.3 Å². The summed E-state index contributed by atoms with van der Waals surface area (Å²) in [5.41, 5.74) is 1.00. The molecule has 0 aliphatic rings. The van der Waals surface area contributed by atoms with Crippen molar-refractivity contribution >= 4 is 27.3 Å². The van der Waals surface area contributed by atoms with Crippen molar-refractivity contribution in [3.63, 3.8) is 0 Å². The molecule has 0 fully saturated rings. The topological polar surface area (TPSA) is 83.5 Å². The molecule has 0 aliphatic carbocycles. The molecular formula is C15H17NO4S2.